The van der Waals surface area contributed by atoms with Crippen LogP contribution in [0.3, 0.4) is 0 Å². The van der Waals surface area contributed by atoms with Crippen LogP contribution in [0.5, 0.6) is 5.75 Å². The first kappa shape index (κ1) is 11.5. The molecule has 90 valence electrons. The minimum Gasteiger partial charge on any atom is -0.497 e. The lowest BCUT2D eigenvalue weighted by Crippen LogP contribution is -2.04. The van der Waals surface area contributed by atoms with Gasteiger partial charge in [0.25, 0.3) is 0 Å². The fraction of sp³-hybridized carbons (Fsp3) is 0.182. The van der Waals surface area contributed by atoms with Gasteiger partial charge in [0.05, 0.1) is 13.4 Å². The van der Waals surface area contributed by atoms with E-state index in [1.54, 1.807) is 24.3 Å². The number of methoxy groups -OCH3 is 1. The standard InChI is InChI=1S/C11H9F3N2O/c1-17-9-4-2-8(3-5-9)16-6-10(15-7-16)11(12,13)14/h2-7H,1H3. The van der Waals surface area contributed by atoms with Gasteiger partial charge in [0.15, 0.2) is 5.69 Å². The second-order valence-corrected chi connectivity index (χ2v) is 3.36. The Morgan fingerprint density at radius 2 is 1.82 bits per heavy atom. The maximum Gasteiger partial charge on any atom is 0.434 e. The van der Waals surface area contributed by atoms with Crippen LogP contribution in [0.4, 0.5) is 13.2 Å². The average molecular weight is 242 g/mol. The maximum absolute atomic E-state index is 12.3. The largest absolute Gasteiger partial charge is 0.497 e. The Hall–Kier alpha value is -1.98. The number of ether oxygens (including phenoxy) is 1. The molecule has 2 aromatic rings. The second-order valence-electron chi connectivity index (χ2n) is 3.36. The molecule has 2 rings (SSSR count). The number of alkyl halides is 3. The summed E-state index contributed by atoms with van der Waals surface area (Å²) < 4.78 is 43.3. The first-order valence-corrected chi connectivity index (χ1v) is 4.76. The number of hydrogen-bond donors (Lipinski definition) is 0. The van der Waals surface area contributed by atoms with Crippen LogP contribution < -0.4 is 4.74 Å². The predicted molar refractivity (Wildman–Crippen MR) is 55.1 cm³/mol. The van der Waals surface area contributed by atoms with Gasteiger partial charge >= 0.3 is 6.18 Å². The van der Waals surface area contributed by atoms with E-state index in [4.69, 9.17) is 4.74 Å². The number of rotatable bonds is 2. The van der Waals surface area contributed by atoms with Crippen molar-refractivity contribution >= 4 is 0 Å². The molecule has 0 N–H and O–H groups in total. The SMILES string of the molecule is COc1ccc(-n2cnc(C(F)(F)F)c2)cc1. The molecule has 3 nitrogen and oxygen atoms in total. The van der Waals surface area contributed by atoms with Gasteiger partial charge in [-0.05, 0) is 24.3 Å². The van der Waals surface area contributed by atoms with E-state index in [9.17, 15) is 13.2 Å². The summed E-state index contributed by atoms with van der Waals surface area (Å²) in [4.78, 5) is 3.31. The van der Waals surface area contributed by atoms with Gasteiger partial charge in [-0.25, -0.2) is 4.98 Å². The third-order valence-electron chi connectivity index (χ3n) is 2.24. The lowest BCUT2D eigenvalue weighted by Gasteiger charge is -2.04. The molecule has 0 amide bonds. The monoisotopic (exact) mass is 242 g/mol. The van der Waals surface area contributed by atoms with E-state index in [-0.39, 0.29) is 0 Å². The minimum absolute atomic E-state index is 0.591. The fourth-order valence-electron chi connectivity index (χ4n) is 1.36. The summed E-state index contributed by atoms with van der Waals surface area (Å²) in [5.74, 6) is 0.643. The van der Waals surface area contributed by atoms with Crippen molar-refractivity contribution in [1.29, 1.82) is 0 Å². The zero-order valence-corrected chi connectivity index (χ0v) is 8.90. The Kier molecular flexibility index (Phi) is 2.79. The van der Waals surface area contributed by atoms with Gasteiger partial charge in [0.2, 0.25) is 0 Å². The molecule has 0 unspecified atom stereocenters. The van der Waals surface area contributed by atoms with Crippen molar-refractivity contribution in [3.8, 4) is 11.4 Å². The van der Waals surface area contributed by atoms with E-state index in [0.717, 1.165) is 12.5 Å². The Bertz CT molecular complexity index is 502. The number of imidazole rings is 1. The van der Waals surface area contributed by atoms with E-state index in [1.807, 2.05) is 0 Å². The highest BCUT2D eigenvalue weighted by Gasteiger charge is 2.33. The highest BCUT2D eigenvalue weighted by atomic mass is 19.4. The van der Waals surface area contributed by atoms with Gasteiger partial charge < -0.3 is 9.30 Å². The predicted octanol–water partition coefficient (Wildman–Crippen LogP) is 2.90. The highest BCUT2D eigenvalue weighted by molar-refractivity contribution is 5.37. The van der Waals surface area contributed by atoms with E-state index >= 15 is 0 Å². The van der Waals surface area contributed by atoms with Crippen LogP contribution in [0.25, 0.3) is 5.69 Å². The molecule has 0 aliphatic rings. The van der Waals surface area contributed by atoms with Gasteiger partial charge in [-0.15, -0.1) is 0 Å². The quantitative estimate of drug-likeness (QED) is 0.809. The van der Waals surface area contributed by atoms with Crippen LogP contribution in [0.2, 0.25) is 0 Å². The summed E-state index contributed by atoms with van der Waals surface area (Å²) in [5, 5.41) is 0. The second kappa shape index (κ2) is 4.12. The van der Waals surface area contributed by atoms with Crippen molar-refractivity contribution < 1.29 is 17.9 Å². The zero-order chi connectivity index (χ0) is 12.5. The van der Waals surface area contributed by atoms with Crippen LogP contribution in [0.15, 0.2) is 36.8 Å². The maximum atomic E-state index is 12.3. The van der Waals surface area contributed by atoms with Gasteiger partial charge in [0, 0.05) is 11.9 Å². The van der Waals surface area contributed by atoms with E-state index in [0.29, 0.717) is 11.4 Å². The summed E-state index contributed by atoms with van der Waals surface area (Å²) in [6.07, 6.45) is -2.34. The minimum atomic E-state index is -4.42. The number of nitrogens with zero attached hydrogens (tertiary/aromatic N) is 2. The zero-order valence-electron chi connectivity index (χ0n) is 8.90. The molecule has 1 aromatic carbocycles. The molecule has 0 saturated carbocycles. The molecular weight excluding hydrogens is 233 g/mol. The summed E-state index contributed by atoms with van der Waals surface area (Å²) >= 11 is 0. The normalized spacial score (nSPS) is 11.5. The smallest absolute Gasteiger partial charge is 0.434 e. The van der Waals surface area contributed by atoms with Crippen molar-refractivity contribution in [2.75, 3.05) is 7.11 Å². The van der Waals surface area contributed by atoms with Crippen LogP contribution in [0, 0.1) is 0 Å². The lowest BCUT2D eigenvalue weighted by molar-refractivity contribution is -0.140. The van der Waals surface area contributed by atoms with Crippen LogP contribution >= 0.6 is 0 Å². The van der Waals surface area contributed by atoms with Gasteiger partial charge in [-0.2, -0.15) is 13.2 Å². The Labute approximate surface area is 95.5 Å². The van der Waals surface area contributed by atoms with E-state index in [1.165, 1.54) is 11.7 Å². The Morgan fingerprint density at radius 1 is 1.18 bits per heavy atom. The molecule has 0 aliphatic carbocycles. The van der Waals surface area contributed by atoms with Crippen LogP contribution in [0.1, 0.15) is 5.69 Å². The summed E-state index contributed by atoms with van der Waals surface area (Å²) in [6.45, 7) is 0. The van der Waals surface area contributed by atoms with Gasteiger partial charge in [-0.3, -0.25) is 0 Å². The molecule has 0 radical (unpaired) electrons. The molecule has 1 heterocycles. The topological polar surface area (TPSA) is 27.1 Å². The van der Waals surface area contributed by atoms with Crippen molar-refractivity contribution in [3.63, 3.8) is 0 Å². The first-order chi connectivity index (χ1) is 8.00. The Morgan fingerprint density at radius 3 is 2.29 bits per heavy atom. The molecule has 0 fully saturated rings. The molecule has 0 atom stereocenters. The lowest BCUT2D eigenvalue weighted by atomic mass is 10.3. The third kappa shape index (κ3) is 2.41. The number of halogens is 3. The molecule has 1 aromatic heterocycles. The molecular formula is C11H9F3N2O. The van der Waals surface area contributed by atoms with Crippen molar-refractivity contribution in [2.45, 2.75) is 6.18 Å². The average Bonchev–Trinajstić information content (AvgIpc) is 2.78. The summed E-state index contributed by atoms with van der Waals surface area (Å²) in [6, 6.07) is 6.65. The molecule has 6 heteroatoms. The first-order valence-electron chi connectivity index (χ1n) is 4.76. The van der Waals surface area contributed by atoms with E-state index < -0.39 is 11.9 Å². The third-order valence-corrected chi connectivity index (χ3v) is 2.24. The Balaban J connectivity index is 2.30. The van der Waals surface area contributed by atoms with Crippen LogP contribution in [-0.4, -0.2) is 16.7 Å². The van der Waals surface area contributed by atoms with Crippen LogP contribution in [-0.2, 0) is 6.18 Å². The summed E-state index contributed by atoms with van der Waals surface area (Å²) in [5.41, 5.74) is -0.317. The van der Waals surface area contributed by atoms with Crippen molar-refractivity contribution in [3.05, 3.63) is 42.5 Å². The molecule has 0 aliphatic heterocycles. The number of aromatic nitrogens is 2. The number of benzene rings is 1. The molecule has 0 saturated heterocycles. The summed E-state index contributed by atoms with van der Waals surface area (Å²) in [7, 11) is 1.52. The van der Waals surface area contributed by atoms with Crippen molar-refractivity contribution in [1.82, 2.24) is 9.55 Å². The highest BCUT2D eigenvalue weighted by Crippen LogP contribution is 2.28. The fourth-order valence-corrected chi connectivity index (χ4v) is 1.36. The van der Waals surface area contributed by atoms with Crippen molar-refractivity contribution in [2.24, 2.45) is 0 Å². The molecule has 0 bridgehead atoms. The number of hydrogen-bond acceptors (Lipinski definition) is 2. The van der Waals surface area contributed by atoms with Gasteiger partial charge in [-0.1, -0.05) is 0 Å². The van der Waals surface area contributed by atoms with Gasteiger partial charge in [0.1, 0.15) is 5.75 Å². The molecule has 17 heavy (non-hydrogen) atoms. The molecule has 0 spiro atoms. The van der Waals surface area contributed by atoms with E-state index in [2.05, 4.69) is 4.98 Å².